The van der Waals surface area contributed by atoms with E-state index in [4.69, 9.17) is 9.63 Å². The number of hydrogen-bond acceptors (Lipinski definition) is 10. The number of fused-ring (bicyclic) bond motifs is 2. The molecule has 4 aromatic heterocycles. The lowest BCUT2D eigenvalue weighted by Crippen LogP contribution is -2.36. The fourth-order valence-electron chi connectivity index (χ4n) is 3.76. The van der Waals surface area contributed by atoms with Gasteiger partial charge in [0.1, 0.15) is 10.6 Å². The van der Waals surface area contributed by atoms with Crippen molar-refractivity contribution in [3.63, 3.8) is 0 Å². The maximum atomic E-state index is 13.2. The molecule has 1 aliphatic heterocycles. The monoisotopic (exact) mass is 480 g/mol. The highest BCUT2D eigenvalue weighted by molar-refractivity contribution is 7.18. The van der Waals surface area contributed by atoms with Crippen LogP contribution in [0.15, 0.2) is 10.6 Å². The van der Waals surface area contributed by atoms with Crippen LogP contribution in [0.5, 0.6) is 0 Å². The fraction of sp³-hybridized carbons (Fsp3) is 0.474. The molecule has 0 spiro atoms. The Morgan fingerprint density at radius 3 is 2.76 bits per heavy atom. The number of alkyl halides is 3. The quantitative estimate of drug-likeness (QED) is 0.444. The molecule has 0 saturated carbocycles. The van der Waals surface area contributed by atoms with Crippen LogP contribution in [0.3, 0.4) is 0 Å². The van der Waals surface area contributed by atoms with E-state index in [-0.39, 0.29) is 50.2 Å². The van der Waals surface area contributed by atoms with Gasteiger partial charge in [0, 0.05) is 24.4 Å². The normalized spacial score (nSPS) is 14.3. The summed E-state index contributed by atoms with van der Waals surface area (Å²) < 4.78 is 46.0. The highest BCUT2D eigenvalue weighted by Crippen LogP contribution is 2.36. The van der Waals surface area contributed by atoms with Crippen molar-refractivity contribution < 1.29 is 22.8 Å². The molecule has 174 valence electrons. The van der Waals surface area contributed by atoms with Crippen LogP contribution in [0.2, 0.25) is 0 Å². The molecule has 33 heavy (non-hydrogen) atoms. The number of halogens is 3. The Hall–Kier alpha value is -3.13. The van der Waals surface area contributed by atoms with Crippen LogP contribution in [0.25, 0.3) is 21.9 Å². The van der Waals surface area contributed by atoms with Gasteiger partial charge in [-0.25, -0.2) is 9.97 Å². The van der Waals surface area contributed by atoms with Crippen LogP contribution >= 0.6 is 11.3 Å². The number of aliphatic hydroxyl groups is 1. The lowest BCUT2D eigenvalue weighted by atomic mass is 10.2. The molecule has 0 bridgehead atoms. The van der Waals surface area contributed by atoms with Crippen molar-refractivity contribution in [3.8, 4) is 11.7 Å². The van der Waals surface area contributed by atoms with Crippen molar-refractivity contribution >= 4 is 27.4 Å². The van der Waals surface area contributed by atoms with E-state index < -0.39 is 12.0 Å². The Morgan fingerprint density at radius 2 is 2.00 bits per heavy atom. The summed E-state index contributed by atoms with van der Waals surface area (Å²) >= 11 is 1.53. The van der Waals surface area contributed by atoms with Gasteiger partial charge in [0.15, 0.2) is 11.6 Å². The summed E-state index contributed by atoms with van der Waals surface area (Å²) in [6, 6.07) is 2.02. The van der Waals surface area contributed by atoms with Crippen LogP contribution < -0.4 is 4.90 Å². The molecule has 0 atom stereocenters. The molecule has 0 unspecified atom stereocenters. The Bertz CT molecular complexity index is 1300. The van der Waals surface area contributed by atoms with Crippen molar-refractivity contribution in [3.05, 3.63) is 28.4 Å². The topological polar surface area (TPSA) is 119 Å². The van der Waals surface area contributed by atoms with Gasteiger partial charge in [0.05, 0.1) is 18.5 Å². The van der Waals surface area contributed by atoms with Crippen molar-refractivity contribution in [2.24, 2.45) is 0 Å². The Kier molecular flexibility index (Phi) is 5.48. The number of anilines is 1. The molecule has 1 N–H and O–H groups in total. The van der Waals surface area contributed by atoms with Crippen molar-refractivity contribution in [1.82, 2.24) is 34.9 Å². The second-order valence-corrected chi connectivity index (χ2v) is 8.67. The zero-order valence-electron chi connectivity index (χ0n) is 17.5. The maximum absolute atomic E-state index is 13.2. The molecule has 0 amide bonds. The van der Waals surface area contributed by atoms with E-state index in [1.54, 1.807) is 0 Å². The summed E-state index contributed by atoms with van der Waals surface area (Å²) in [6.07, 6.45) is -2.49. The minimum atomic E-state index is -4.56. The number of nitrogens with zero attached hydrogens (tertiary/aromatic N) is 8. The van der Waals surface area contributed by atoms with E-state index in [1.165, 1.54) is 11.3 Å². The van der Waals surface area contributed by atoms with E-state index in [9.17, 15) is 13.2 Å². The summed E-state index contributed by atoms with van der Waals surface area (Å²) in [4.78, 5) is 17.2. The first-order valence-corrected chi connectivity index (χ1v) is 11.2. The average molecular weight is 480 g/mol. The molecule has 10 nitrogen and oxygen atoms in total. The first kappa shape index (κ1) is 21.7. The second kappa shape index (κ2) is 8.33. The van der Waals surface area contributed by atoms with Gasteiger partial charge in [-0.1, -0.05) is 18.5 Å². The first-order chi connectivity index (χ1) is 15.9. The van der Waals surface area contributed by atoms with Crippen LogP contribution in [-0.4, -0.2) is 53.1 Å². The molecule has 5 heterocycles. The predicted molar refractivity (Wildman–Crippen MR) is 112 cm³/mol. The third-order valence-electron chi connectivity index (χ3n) is 5.22. The maximum Gasteiger partial charge on any atom is 0.451 e. The van der Waals surface area contributed by atoms with E-state index in [1.807, 2.05) is 11.0 Å². The molecule has 0 aliphatic carbocycles. The van der Waals surface area contributed by atoms with Gasteiger partial charge >= 0.3 is 6.18 Å². The Balaban J connectivity index is 1.56. The minimum Gasteiger partial charge on any atom is -0.396 e. The molecule has 1 aliphatic rings. The molecule has 0 fully saturated rings. The Morgan fingerprint density at radius 1 is 1.15 bits per heavy atom. The van der Waals surface area contributed by atoms with Gasteiger partial charge < -0.3 is 19.1 Å². The number of rotatable bonds is 6. The highest BCUT2D eigenvalue weighted by Gasteiger charge is 2.39. The Labute approximate surface area is 189 Å². The van der Waals surface area contributed by atoms with Gasteiger partial charge in [-0.2, -0.15) is 18.2 Å². The second-order valence-electron chi connectivity index (χ2n) is 7.55. The van der Waals surface area contributed by atoms with Gasteiger partial charge in [-0.05, 0) is 12.5 Å². The third-order valence-corrected chi connectivity index (χ3v) is 6.31. The summed E-state index contributed by atoms with van der Waals surface area (Å²) in [5, 5.41) is 20.9. The van der Waals surface area contributed by atoms with Gasteiger partial charge in [0.2, 0.25) is 11.6 Å². The largest absolute Gasteiger partial charge is 0.451 e. The zero-order chi connectivity index (χ0) is 23.2. The number of aliphatic hydroxyl groups excluding tert-OH is 1. The molecule has 4 aromatic rings. The van der Waals surface area contributed by atoms with E-state index in [0.717, 1.165) is 32.5 Å². The lowest BCUT2D eigenvalue weighted by Gasteiger charge is -2.29. The lowest BCUT2D eigenvalue weighted by molar-refractivity contribution is -0.147. The number of thiophene rings is 1. The fourth-order valence-corrected chi connectivity index (χ4v) is 4.88. The summed E-state index contributed by atoms with van der Waals surface area (Å²) in [6.45, 7) is 2.44. The van der Waals surface area contributed by atoms with E-state index in [0.29, 0.717) is 11.6 Å². The molecule has 0 saturated heterocycles. The molecule has 14 heteroatoms. The molecular formula is C19H19F3N8O2S. The standard InChI is InChI=1S/C19H19F3N8O2S/c1-2-3-10-8-11-15(29-5-6-30-13(9-29)26-27-18(30)19(20,21)22)24-14(25-17(11)33-10)16-23-12(4-7-31)28-32-16/h8,31H,2-7,9H2,1H3. The molecule has 0 radical (unpaired) electrons. The van der Waals surface area contributed by atoms with Crippen LogP contribution in [-0.2, 0) is 32.1 Å². The van der Waals surface area contributed by atoms with Gasteiger partial charge in [-0.15, -0.1) is 21.5 Å². The number of hydrogen-bond donors (Lipinski definition) is 1. The molecule has 5 rings (SSSR count). The average Bonchev–Trinajstić information content (AvgIpc) is 3.50. The summed E-state index contributed by atoms with van der Waals surface area (Å²) in [5.74, 6) is 0.469. The van der Waals surface area contributed by atoms with Crippen LogP contribution in [0.4, 0.5) is 19.0 Å². The third kappa shape index (κ3) is 4.04. The SMILES string of the molecule is CCCc1cc2c(N3CCn4c(nnc4C(F)(F)F)C3)nc(-c3nc(CCO)no3)nc2s1. The number of aryl methyl sites for hydroxylation is 1. The van der Waals surface area contributed by atoms with Gasteiger partial charge in [-0.3, -0.25) is 0 Å². The highest BCUT2D eigenvalue weighted by atomic mass is 32.1. The summed E-state index contributed by atoms with van der Waals surface area (Å²) in [7, 11) is 0. The molecule has 0 aromatic carbocycles. The van der Waals surface area contributed by atoms with Gasteiger partial charge in [0.25, 0.3) is 5.89 Å². The van der Waals surface area contributed by atoms with Crippen LogP contribution in [0.1, 0.15) is 35.7 Å². The van der Waals surface area contributed by atoms with Crippen molar-refractivity contribution in [2.45, 2.75) is 45.5 Å². The first-order valence-electron chi connectivity index (χ1n) is 10.4. The van der Waals surface area contributed by atoms with Crippen LogP contribution in [0, 0.1) is 0 Å². The molecular weight excluding hydrogens is 461 g/mol. The van der Waals surface area contributed by atoms with E-state index >= 15 is 0 Å². The van der Waals surface area contributed by atoms with E-state index in [2.05, 4.69) is 37.2 Å². The van der Waals surface area contributed by atoms with Crippen molar-refractivity contribution in [2.75, 3.05) is 18.1 Å². The zero-order valence-corrected chi connectivity index (χ0v) is 18.3. The smallest absolute Gasteiger partial charge is 0.396 e. The van der Waals surface area contributed by atoms with Crippen molar-refractivity contribution in [1.29, 1.82) is 0 Å². The minimum absolute atomic E-state index is 0.0746. The predicted octanol–water partition coefficient (Wildman–Crippen LogP) is 2.86. The summed E-state index contributed by atoms with van der Waals surface area (Å²) in [5.41, 5.74) is 0. The number of aromatic nitrogens is 7.